The second kappa shape index (κ2) is 13.6. The Hall–Kier alpha value is -4.94. The van der Waals surface area contributed by atoms with E-state index in [9.17, 15) is 30.8 Å². The number of benzene rings is 2. The minimum absolute atomic E-state index is 0.0584. The minimum Gasteiger partial charge on any atom is -0.492 e. The fourth-order valence-corrected chi connectivity index (χ4v) is 5.02. The molecule has 0 aliphatic carbocycles. The van der Waals surface area contributed by atoms with Crippen molar-refractivity contribution >= 4 is 56.2 Å². The third kappa shape index (κ3) is 6.68. The Labute approximate surface area is 266 Å². The lowest BCUT2D eigenvalue weighted by Crippen LogP contribution is -2.16. The maximum absolute atomic E-state index is 14.4. The average Bonchev–Trinajstić information content (AvgIpc) is 3.49. The van der Waals surface area contributed by atoms with Crippen molar-refractivity contribution < 1.29 is 45.0 Å². The molecule has 5 aromatic rings. The zero-order valence-corrected chi connectivity index (χ0v) is 25.8. The number of hydrogen-bond acceptors (Lipinski definition) is 11. The van der Waals surface area contributed by atoms with Gasteiger partial charge in [-0.15, -0.1) is 5.10 Å². The first-order chi connectivity index (χ1) is 21.7. The van der Waals surface area contributed by atoms with Gasteiger partial charge in [0.25, 0.3) is 15.2 Å². The summed E-state index contributed by atoms with van der Waals surface area (Å²) in [6.45, 7) is 0. The molecule has 3 aromatic heterocycles. The molecular formula is C26H19Cl2F4N7O6S. The molecule has 0 radical (unpaired) electrons. The monoisotopic (exact) mass is 703 g/mol. The summed E-state index contributed by atoms with van der Waals surface area (Å²) < 4.78 is 96.4. The van der Waals surface area contributed by atoms with E-state index < -0.39 is 55.8 Å². The molecule has 0 unspecified atom stereocenters. The molecule has 242 valence electrons. The van der Waals surface area contributed by atoms with Crippen molar-refractivity contribution in [3.8, 4) is 23.0 Å². The van der Waals surface area contributed by atoms with Crippen LogP contribution in [0.4, 0.5) is 28.9 Å². The van der Waals surface area contributed by atoms with Crippen LogP contribution >= 0.6 is 23.2 Å². The lowest BCUT2D eigenvalue weighted by atomic mass is 10.1. The number of para-hydroxylation sites is 1. The van der Waals surface area contributed by atoms with E-state index in [0.29, 0.717) is 4.52 Å². The van der Waals surface area contributed by atoms with Crippen LogP contribution in [0.1, 0.15) is 10.5 Å². The summed E-state index contributed by atoms with van der Waals surface area (Å²) in [4.78, 5) is 22.8. The Bertz CT molecular complexity index is 2070. The number of nitrogens with zero attached hydrogens (tertiary/aromatic N) is 5. The predicted octanol–water partition coefficient (Wildman–Crippen LogP) is 4.92. The summed E-state index contributed by atoms with van der Waals surface area (Å²) in [7, 11) is -0.909. The van der Waals surface area contributed by atoms with Crippen molar-refractivity contribution in [3.63, 3.8) is 0 Å². The first kappa shape index (κ1) is 33.9. The number of aromatic nitrogens is 5. The minimum atomic E-state index is -4.58. The van der Waals surface area contributed by atoms with Crippen LogP contribution in [0.25, 0.3) is 16.9 Å². The van der Waals surface area contributed by atoms with Gasteiger partial charge in [0.2, 0.25) is 0 Å². The van der Waals surface area contributed by atoms with E-state index in [0.717, 1.165) is 24.4 Å². The zero-order chi connectivity index (χ0) is 33.9. The number of hydrogen-bond donors (Lipinski definition) is 2. The number of ether oxygens (including phenoxy) is 3. The van der Waals surface area contributed by atoms with E-state index in [1.165, 1.54) is 39.5 Å². The van der Waals surface area contributed by atoms with Gasteiger partial charge in [-0.1, -0.05) is 29.3 Å². The molecule has 0 bridgehead atoms. The third-order valence-corrected chi connectivity index (χ3v) is 7.61. The topological polar surface area (TPSA) is 173 Å². The van der Waals surface area contributed by atoms with Crippen LogP contribution < -0.4 is 19.9 Å². The second-order valence-electron chi connectivity index (χ2n) is 8.62. The molecule has 3 heterocycles. The Morgan fingerprint density at radius 2 is 1.65 bits per heavy atom. The van der Waals surface area contributed by atoms with Gasteiger partial charge in [0.15, 0.2) is 28.7 Å². The van der Waals surface area contributed by atoms with Gasteiger partial charge in [0.05, 0.1) is 49.0 Å². The lowest BCUT2D eigenvalue weighted by Gasteiger charge is -2.11. The maximum atomic E-state index is 14.4. The summed E-state index contributed by atoms with van der Waals surface area (Å²) in [6, 6.07) is 6.77. The van der Waals surface area contributed by atoms with Crippen LogP contribution in [0.15, 0.2) is 47.8 Å². The molecule has 13 nitrogen and oxygen atoms in total. The molecule has 46 heavy (non-hydrogen) atoms. The first-order valence-corrected chi connectivity index (χ1v) is 14.5. The van der Waals surface area contributed by atoms with Gasteiger partial charge in [-0.05, 0) is 30.3 Å². The van der Waals surface area contributed by atoms with Crippen LogP contribution in [0.2, 0.25) is 10.0 Å². The fourth-order valence-electron chi connectivity index (χ4n) is 3.67. The number of carbonyl (C=O) groups is 1. The number of fused-ring (bicyclic) bond motifs is 1. The van der Waals surface area contributed by atoms with E-state index in [2.05, 4.69) is 24.8 Å². The average molecular weight is 704 g/mol. The third-order valence-electron chi connectivity index (χ3n) is 5.79. The Morgan fingerprint density at radius 1 is 0.978 bits per heavy atom. The number of esters is 1. The summed E-state index contributed by atoms with van der Waals surface area (Å²) >= 11 is 11.8. The molecule has 0 amide bonds. The number of sulfonamides is 1. The zero-order valence-electron chi connectivity index (χ0n) is 23.5. The number of carbonyl (C=O) groups excluding carboxylic acids is 1. The molecular weight excluding hydrogens is 685 g/mol. The molecule has 0 saturated heterocycles. The SMILES string of the molecule is COC(=O)c1nc(-c2ccc(Cl)c(OC)c2F)cc(N)c1Cl.COc1ncc(F)c2nc(S(=O)(=O)Nc3c(F)cccc3F)nn12. The van der Waals surface area contributed by atoms with Gasteiger partial charge in [-0.3, -0.25) is 4.72 Å². The van der Waals surface area contributed by atoms with Crippen LogP contribution in [-0.2, 0) is 14.8 Å². The second-order valence-corrected chi connectivity index (χ2v) is 11.0. The molecule has 0 aliphatic heterocycles. The first-order valence-electron chi connectivity index (χ1n) is 12.2. The van der Waals surface area contributed by atoms with E-state index in [4.69, 9.17) is 38.4 Å². The number of pyridine rings is 1. The molecule has 20 heteroatoms. The predicted molar refractivity (Wildman–Crippen MR) is 156 cm³/mol. The Morgan fingerprint density at radius 3 is 2.26 bits per heavy atom. The molecule has 0 atom stereocenters. The van der Waals surface area contributed by atoms with Crippen LogP contribution in [-0.4, -0.2) is 60.3 Å². The molecule has 0 fully saturated rings. The summed E-state index contributed by atoms with van der Waals surface area (Å²) in [5.74, 6) is -4.85. The summed E-state index contributed by atoms with van der Waals surface area (Å²) in [5, 5.41) is 2.70. The highest BCUT2D eigenvalue weighted by atomic mass is 35.5. The number of anilines is 2. The largest absolute Gasteiger partial charge is 0.492 e. The van der Waals surface area contributed by atoms with Gasteiger partial charge in [-0.2, -0.15) is 17.9 Å². The Balaban J connectivity index is 0.000000210. The fraction of sp³-hybridized carbons (Fsp3) is 0.115. The highest BCUT2D eigenvalue weighted by molar-refractivity contribution is 7.92. The highest BCUT2D eigenvalue weighted by Crippen LogP contribution is 2.36. The normalized spacial score (nSPS) is 11.1. The smallest absolute Gasteiger partial charge is 0.358 e. The summed E-state index contributed by atoms with van der Waals surface area (Å²) in [6.07, 6.45) is 0.767. The summed E-state index contributed by atoms with van der Waals surface area (Å²) in [5.41, 5.74) is 4.40. The van der Waals surface area contributed by atoms with Crippen LogP contribution in [0.3, 0.4) is 0 Å². The highest BCUT2D eigenvalue weighted by Gasteiger charge is 2.26. The van der Waals surface area contributed by atoms with Crippen molar-refractivity contribution in [1.82, 2.24) is 24.6 Å². The molecule has 0 saturated carbocycles. The number of rotatable bonds is 7. The van der Waals surface area contributed by atoms with Crippen molar-refractivity contribution in [1.29, 1.82) is 0 Å². The number of halogens is 6. The maximum Gasteiger partial charge on any atom is 0.358 e. The molecule has 5 rings (SSSR count). The quantitative estimate of drug-likeness (QED) is 0.174. The van der Waals surface area contributed by atoms with Crippen LogP contribution in [0, 0.1) is 23.3 Å². The Kier molecular flexibility index (Phi) is 10.0. The standard InChI is InChI=1S/C14H11Cl2FN2O3.C12H8F3N5O3S/c1-21-13-7(15)4-3-6(11(13)17)9-5-8(18)10(16)12(19-9)14(20)22-2;1-23-12-16-5-8(15)10-17-11(18-20(10)12)24(21,22)19-9-6(13)3-2-4-7(9)14/h3-5H,1-2H3,(H2,18,19);2-5,19H,1H3. The number of methoxy groups -OCH3 is 3. The molecule has 0 spiro atoms. The molecule has 2 aromatic carbocycles. The number of nitrogens with two attached hydrogens (primary N) is 1. The van der Waals surface area contributed by atoms with Gasteiger partial charge in [0.1, 0.15) is 17.3 Å². The van der Waals surface area contributed by atoms with Gasteiger partial charge in [-0.25, -0.2) is 32.3 Å². The number of nitrogen functional groups attached to an aromatic ring is 1. The van der Waals surface area contributed by atoms with E-state index in [1.54, 1.807) is 4.72 Å². The van der Waals surface area contributed by atoms with Crippen LogP contribution in [0.5, 0.6) is 11.8 Å². The van der Waals surface area contributed by atoms with Crippen molar-refractivity contribution in [2.75, 3.05) is 31.8 Å². The van der Waals surface area contributed by atoms with E-state index in [1.807, 2.05) is 0 Å². The van der Waals surface area contributed by atoms with Gasteiger partial charge < -0.3 is 19.9 Å². The van der Waals surface area contributed by atoms with Crippen molar-refractivity contribution in [2.45, 2.75) is 5.16 Å². The molecule has 0 aliphatic rings. The van der Waals surface area contributed by atoms with Gasteiger partial charge >= 0.3 is 12.0 Å². The van der Waals surface area contributed by atoms with Crippen molar-refractivity contribution in [3.05, 3.63) is 81.6 Å². The molecule has 3 N–H and O–H groups in total. The van der Waals surface area contributed by atoms with Crippen molar-refractivity contribution in [2.24, 2.45) is 0 Å². The van der Waals surface area contributed by atoms with E-state index in [-0.39, 0.29) is 44.4 Å². The number of nitrogens with one attached hydrogen (secondary N) is 1. The lowest BCUT2D eigenvalue weighted by molar-refractivity contribution is 0.0594. The van der Waals surface area contributed by atoms with E-state index >= 15 is 0 Å². The van der Waals surface area contributed by atoms with Gasteiger partial charge in [0, 0.05) is 5.56 Å².